The van der Waals surface area contributed by atoms with E-state index in [1.807, 2.05) is 74.5 Å². The summed E-state index contributed by atoms with van der Waals surface area (Å²) in [5.41, 5.74) is 2.82. The molecule has 0 saturated heterocycles. The summed E-state index contributed by atoms with van der Waals surface area (Å²) >= 11 is 1.30. The molecular weight excluding hydrogens is 360 g/mol. The summed E-state index contributed by atoms with van der Waals surface area (Å²) in [6.45, 7) is 3.64. The Labute approximate surface area is 161 Å². The number of anilines is 2. The van der Waals surface area contributed by atoms with Crippen LogP contribution >= 0.6 is 11.8 Å². The molecular formula is C20H18N4O2S. The van der Waals surface area contributed by atoms with Gasteiger partial charge in [0, 0.05) is 0 Å². The number of para-hydroxylation sites is 2. The van der Waals surface area contributed by atoms with Crippen LogP contribution in [0.2, 0.25) is 0 Å². The van der Waals surface area contributed by atoms with Crippen molar-refractivity contribution in [3.8, 4) is 0 Å². The Bertz CT molecular complexity index is 865. The maximum absolute atomic E-state index is 12.9. The molecule has 27 heavy (non-hydrogen) atoms. The van der Waals surface area contributed by atoms with Crippen LogP contribution in [-0.4, -0.2) is 33.7 Å². The van der Waals surface area contributed by atoms with Gasteiger partial charge in [-0.25, -0.2) is 0 Å². The van der Waals surface area contributed by atoms with Crippen LogP contribution in [0.1, 0.15) is 13.8 Å². The van der Waals surface area contributed by atoms with Gasteiger partial charge in [0.25, 0.3) is 11.8 Å². The zero-order chi connectivity index (χ0) is 19.0. The summed E-state index contributed by atoms with van der Waals surface area (Å²) in [5, 5.41) is 10.6. The molecule has 2 aliphatic heterocycles. The lowest BCUT2D eigenvalue weighted by molar-refractivity contribution is -0.116. The van der Waals surface area contributed by atoms with Crippen LogP contribution in [0.3, 0.4) is 0 Å². The highest BCUT2D eigenvalue weighted by molar-refractivity contribution is 8.03. The zero-order valence-electron chi connectivity index (χ0n) is 14.9. The Morgan fingerprint density at radius 3 is 1.44 bits per heavy atom. The molecule has 2 heterocycles. The van der Waals surface area contributed by atoms with Crippen molar-refractivity contribution in [1.29, 1.82) is 0 Å². The van der Waals surface area contributed by atoms with Gasteiger partial charge in [0.1, 0.15) is 10.5 Å². The van der Waals surface area contributed by atoms with Gasteiger partial charge in [-0.3, -0.25) is 9.59 Å². The van der Waals surface area contributed by atoms with E-state index in [0.717, 1.165) is 11.4 Å². The first kappa shape index (κ1) is 17.5. The molecule has 0 spiro atoms. The molecule has 2 aliphatic rings. The molecule has 136 valence electrons. The number of benzene rings is 2. The van der Waals surface area contributed by atoms with Crippen LogP contribution in [0.5, 0.6) is 0 Å². The van der Waals surface area contributed by atoms with Crippen LogP contribution in [0, 0.1) is 0 Å². The average Bonchev–Trinajstić information content (AvgIpc) is 3.14. The number of carbonyl (C=O) groups excluding carboxylic acids is 2. The molecule has 0 saturated carbocycles. The van der Waals surface area contributed by atoms with Crippen molar-refractivity contribution in [3.63, 3.8) is 0 Å². The van der Waals surface area contributed by atoms with Gasteiger partial charge in [0.05, 0.1) is 22.8 Å². The molecule has 0 aromatic heterocycles. The van der Waals surface area contributed by atoms with Gasteiger partial charge < -0.3 is 0 Å². The molecule has 0 bridgehead atoms. The summed E-state index contributed by atoms with van der Waals surface area (Å²) in [6, 6.07) is 18.6. The van der Waals surface area contributed by atoms with Crippen LogP contribution in [0.15, 0.2) is 70.9 Å². The molecule has 0 aliphatic carbocycles. The third kappa shape index (κ3) is 3.14. The summed E-state index contributed by atoms with van der Waals surface area (Å²) < 4.78 is 0. The molecule has 2 aromatic carbocycles. The Morgan fingerprint density at radius 1 is 0.704 bits per heavy atom. The summed E-state index contributed by atoms with van der Waals surface area (Å²) in [6.07, 6.45) is 0. The smallest absolute Gasteiger partial charge is 0.266 e. The molecule has 0 radical (unpaired) electrons. The largest absolute Gasteiger partial charge is 0.271 e. The van der Waals surface area contributed by atoms with Gasteiger partial charge in [0.2, 0.25) is 0 Å². The maximum Gasteiger partial charge on any atom is 0.266 e. The van der Waals surface area contributed by atoms with E-state index in [0.29, 0.717) is 11.4 Å². The standard InChI is InChI=1S/C20H18N4O2S/c1-13-17(19(25)23(21-13)15-9-5-3-6-10-15)27-18-14(2)22-24(20(18)26)16-11-7-4-8-12-16/h3-12,17-18H,1-2H3. The number of nitrogens with zero attached hydrogens (tertiary/aromatic N) is 4. The number of carbonyl (C=O) groups is 2. The SMILES string of the molecule is CC1=NN(c2ccccc2)C(=O)C1SC1C(=O)N(c2ccccc2)N=C1C. The molecule has 6 nitrogen and oxygen atoms in total. The molecule has 2 unspecified atom stereocenters. The molecule has 2 aromatic rings. The van der Waals surface area contributed by atoms with Gasteiger partial charge in [0.15, 0.2) is 0 Å². The van der Waals surface area contributed by atoms with Crippen molar-refractivity contribution in [2.24, 2.45) is 10.2 Å². The van der Waals surface area contributed by atoms with E-state index in [4.69, 9.17) is 0 Å². The van der Waals surface area contributed by atoms with Crippen molar-refractivity contribution in [1.82, 2.24) is 0 Å². The Morgan fingerprint density at radius 2 is 1.07 bits per heavy atom. The monoisotopic (exact) mass is 378 g/mol. The minimum absolute atomic E-state index is 0.137. The van der Waals surface area contributed by atoms with Gasteiger partial charge in [-0.05, 0) is 38.1 Å². The topological polar surface area (TPSA) is 65.3 Å². The number of hydrogen-bond donors (Lipinski definition) is 0. The predicted octanol–water partition coefficient (Wildman–Crippen LogP) is 3.30. The summed E-state index contributed by atoms with van der Waals surface area (Å²) in [5.74, 6) is -0.273. The van der Waals surface area contributed by atoms with E-state index in [9.17, 15) is 9.59 Å². The first-order valence-electron chi connectivity index (χ1n) is 8.60. The van der Waals surface area contributed by atoms with Gasteiger partial charge in [-0.15, -0.1) is 11.8 Å². The van der Waals surface area contributed by atoms with E-state index in [-0.39, 0.29) is 11.8 Å². The van der Waals surface area contributed by atoms with E-state index in [2.05, 4.69) is 10.2 Å². The van der Waals surface area contributed by atoms with E-state index in [1.54, 1.807) is 0 Å². The molecule has 0 fully saturated rings. The highest BCUT2D eigenvalue weighted by Crippen LogP contribution is 2.34. The first-order valence-corrected chi connectivity index (χ1v) is 9.54. The fourth-order valence-corrected chi connectivity index (χ4v) is 4.25. The maximum atomic E-state index is 12.9. The lowest BCUT2D eigenvalue weighted by atomic mass is 10.2. The van der Waals surface area contributed by atoms with E-state index in [1.165, 1.54) is 21.8 Å². The molecule has 2 amide bonds. The predicted molar refractivity (Wildman–Crippen MR) is 109 cm³/mol. The second kappa shape index (κ2) is 7.00. The third-order valence-corrected chi connectivity index (χ3v) is 6.04. The zero-order valence-corrected chi connectivity index (χ0v) is 15.8. The molecule has 7 heteroatoms. The van der Waals surface area contributed by atoms with Crippen LogP contribution < -0.4 is 10.0 Å². The van der Waals surface area contributed by atoms with Crippen LogP contribution in [-0.2, 0) is 9.59 Å². The molecule has 2 atom stereocenters. The van der Waals surface area contributed by atoms with Gasteiger partial charge >= 0.3 is 0 Å². The minimum atomic E-state index is -0.500. The van der Waals surface area contributed by atoms with Crippen LogP contribution in [0.4, 0.5) is 11.4 Å². The highest BCUT2D eigenvalue weighted by atomic mass is 32.2. The van der Waals surface area contributed by atoms with E-state index < -0.39 is 10.5 Å². The van der Waals surface area contributed by atoms with Crippen molar-refractivity contribution in [2.45, 2.75) is 24.3 Å². The second-order valence-corrected chi connectivity index (χ2v) is 7.57. The van der Waals surface area contributed by atoms with Crippen molar-refractivity contribution >= 4 is 46.4 Å². The Balaban J connectivity index is 1.53. The third-order valence-electron chi connectivity index (χ3n) is 4.41. The quantitative estimate of drug-likeness (QED) is 0.820. The normalized spacial score (nSPS) is 22.3. The van der Waals surface area contributed by atoms with Gasteiger partial charge in [-0.1, -0.05) is 36.4 Å². The van der Waals surface area contributed by atoms with Gasteiger partial charge in [-0.2, -0.15) is 20.2 Å². The molecule has 0 N–H and O–H groups in total. The number of rotatable bonds is 4. The molecule has 4 rings (SSSR count). The first-order chi connectivity index (χ1) is 13.1. The number of hydrogen-bond acceptors (Lipinski definition) is 5. The lowest BCUT2D eigenvalue weighted by Gasteiger charge is -2.17. The van der Waals surface area contributed by atoms with Crippen molar-refractivity contribution in [3.05, 3.63) is 60.7 Å². The number of thioether (sulfide) groups is 1. The summed E-state index contributed by atoms with van der Waals surface area (Å²) in [4.78, 5) is 25.8. The summed E-state index contributed by atoms with van der Waals surface area (Å²) in [7, 11) is 0. The van der Waals surface area contributed by atoms with Crippen LogP contribution in [0.25, 0.3) is 0 Å². The fourth-order valence-electron chi connectivity index (χ4n) is 3.06. The number of hydrazone groups is 2. The number of amides is 2. The highest BCUT2D eigenvalue weighted by Gasteiger charge is 2.42. The lowest BCUT2D eigenvalue weighted by Crippen LogP contribution is -2.35. The second-order valence-electron chi connectivity index (χ2n) is 6.35. The fraction of sp³-hybridized carbons (Fsp3) is 0.200. The van der Waals surface area contributed by atoms with Crippen molar-refractivity contribution in [2.75, 3.05) is 10.0 Å². The van der Waals surface area contributed by atoms with E-state index >= 15 is 0 Å². The van der Waals surface area contributed by atoms with Crippen molar-refractivity contribution < 1.29 is 9.59 Å². The average molecular weight is 378 g/mol. The minimum Gasteiger partial charge on any atom is -0.271 e. The Kier molecular flexibility index (Phi) is 4.53. The Hall–Kier alpha value is -2.93.